The van der Waals surface area contributed by atoms with E-state index in [0.29, 0.717) is 5.82 Å². The van der Waals surface area contributed by atoms with Gasteiger partial charge in [0, 0.05) is 10.7 Å². The molecule has 4 nitrogen and oxygen atoms in total. The van der Waals surface area contributed by atoms with Crippen molar-refractivity contribution in [2.45, 2.75) is 19.3 Å². The van der Waals surface area contributed by atoms with Crippen LogP contribution >= 0.6 is 15.9 Å². The van der Waals surface area contributed by atoms with Crippen LogP contribution in [0.5, 0.6) is 11.5 Å². The molecule has 1 aromatic carbocycles. The maximum atomic E-state index is 13.0. The molecule has 0 saturated carbocycles. The second-order valence-corrected chi connectivity index (χ2v) is 5.51. The molecule has 2 heterocycles. The predicted molar refractivity (Wildman–Crippen MR) is 76.6 cm³/mol. The fourth-order valence-corrected chi connectivity index (χ4v) is 2.36. The molecule has 1 atom stereocenters. The van der Waals surface area contributed by atoms with Crippen LogP contribution in [-0.2, 0) is 0 Å². The Morgan fingerprint density at radius 2 is 1.95 bits per heavy atom. The van der Waals surface area contributed by atoms with Gasteiger partial charge in [0.2, 0.25) is 0 Å². The summed E-state index contributed by atoms with van der Waals surface area (Å²) in [6.45, 7) is 1.90. The lowest BCUT2D eigenvalue weighted by molar-refractivity contribution is -0.286. The Bertz CT molecular complexity index is 682. The van der Waals surface area contributed by atoms with Crippen molar-refractivity contribution in [3.63, 3.8) is 0 Å². The predicted octanol–water partition coefficient (Wildman–Crippen LogP) is 4.34. The van der Waals surface area contributed by atoms with Crippen molar-refractivity contribution in [2.24, 2.45) is 0 Å². The summed E-state index contributed by atoms with van der Waals surface area (Å²) in [5.74, 6) is 0.754. The van der Waals surface area contributed by atoms with E-state index in [1.165, 1.54) is 12.1 Å². The zero-order chi connectivity index (χ0) is 15.0. The van der Waals surface area contributed by atoms with Crippen LogP contribution in [0.2, 0.25) is 0 Å². The van der Waals surface area contributed by atoms with Crippen LogP contribution in [0, 0.1) is 0 Å². The van der Waals surface area contributed by atoms with E-state index in [-0.39, 0.29) is 17.5 Å². The van der Waals surface area contributed by atoms with Crippen molar-refractivity contribution in [1.29, 1.82) is 0 Å². The molecule has 1 N–H and O–H groups in total. The molecular weight excluding hydrogens is 346 g/mol. The highest BCUT2D eigenvalue weighted by molar-refractivity contribution is 9.10. The van der Waals surface area contributed by atoms with Crippen LogP contribution in [0.1, 0.15) is 18.5 Å². The fraction of sp³-hybridized carbons (Fsp3) is 0.214. The molecule has 21 heavy (non-hydrogen) atoms. The quantitative estimate of drug-likeness (QED) is 0.888. The minimum atomic E-state index is -3.59. The molecule has 0 radical (unpaired) electrons. The Hall–Kier alpha value is -1.89. The van der Waals surface area contributed by atoms with E-state index >= 15 is 0 Å². The van der Waals surface area contributed by atoms with Crippen molar-refractivity contribution in [3.8, 4) is 11.5 Å². The van der Waals surface area contributed by atoms with Gasteiger partial charge in [-0.25, -0.2) is 4.98 Å². The van der Waals surface area contributed by atoms with Crippen molar-refractivity contribution in [2.75, 3.05) is 5.32 Å². The first-order chi connectivity index (χ1) is 9.93. The van der Waals surface area contributed by atoms with Crippen LogP contribution in [-0.4, -0.2) is 11.3 Å². The van der Waals surface area contributed by atoms with Gasteiger partial charge in [-0.2, -0.15) is 0 Å². The fourth-order valence-electron chi connectivity index (χ4n) is 2.02. The molecular formula is C14H11BrF2N2O2. The summed E-state index contributed by atoms with van der Waals surface area (Å²) < 4.78 is 35.7. The Kier molecular flexibility index (Phi) is 3.44. The molecule has 0 unspecified atom stereocenters. The largest absolute Gasteiger partial charge is 0.586 e. The van der Waals surface area contributed by atoms with Gasteiger partial charge in [0.1, 0.15) is 5.82 Å². The van der Waals surface area contributed by atoms with E-state index in [0.717, 1.165) is 10.0 Å². The maximum absolute atomic E-state index is 13.0. The molecule has 110 valence electrons. The number of benzene rings is 1. The number of hydrogen-bond acceptors (Lipinski definition) is 4. The van der Waals surface area contributed by atoms with Crippen LogP contribution < -0.4 is 14.8 Å². The number of fused-ring (bicyclic) bond motifs is 1. The van der Waals surface area contributed by atoms with Gasteiger partial charge in [-0.15, -0.1) is 8.78 Å². The second-order valence-electron chi connectivity index (χ2n) is 4.60. The Balaban J connectivity index is 1.79. The summed E-state index contributed by atoms with van der Waals surface area (Å²) in [5.41, 5.74) is 0.789. The molecule has 0 amide bonds. The number of anilines is 1. The third kappa shape index (κ3) is 3.07. The van der Waals surface area contributed by atoms with Gasteiger partial charge >= 0.3 is 6.29 Å². The zero-order valence-electron chi connectivity index (χ0n) is 10.9. The van der Waals surface area contributed by atoms with Crippen LogP contribution in [0.15, 0.2) is 41.0 Å². The van der Waals surface area contributed by atoms with E-state index in [1.54, 1.807) is 12.3 Å². The smallest absolute Gasteiger partial charge is 0.395 e. The molecule has 1 aliphatic rings. The Labute approximate surface area is 128 Å². The first kappa shape index (κ1) is 14.1. The summed E-state index contributed by atoms with van der Waals surface area (Å²) in [5, 5.41) is 3.19. The number of hydrogen-bond donors (Lipinski definition) is 1. The lowest BCUT2D eigenvalue weighted by Crippen LogP contribution is -2.25. The van der Waals surface area contributed by atoms with Crippen LogP contribution in [0.4, 0.5) is 14.6 Å². The first-order valence-corrected chi connectivity index (χ1v) is 7.00. The molecule has 0 spiro atoms. The normalized spacial score (nSPS) is 16.6. The topological polar surface area (TPSA) is 43.4 Å². The summed E-state index contributed by atoms with van der Waals surface area (Å²) >= 11 is 3.36. The standard InChI is InChI=1S/C14H11BrF2N2O2/c1-8(19-13-7-10(15)4-5-18-13)9-2-3-11-12(6-9)21-14(16,17)20-11/h2-8H,1H3,(H,18,19)/t8-/m0/s1. The molecule has 1 aliphatic heterocycles. The molecule has 2 aromatic rings. The number of alkyl halides is 2. The molecule has 0 saturated heterocycles. The number of nitrogens with zero attached hydrogens (tertiary/aromatic N) is 1. The molecule has 1 aromatic heterocycles. The molecule has 7 heteroatoms. The zero-order valence-corrected chi connectivity index (χ0v) is 12.5. The number of pyridine rings is 1. The van der Waals surface area contributed by atoms with Gasteiger partial charge < -0.3 is 14.8 Å². The molecule has 0 bridgehead atoms. The van der Waals surface area contributed by atoms with E-state index in [1.807, 2.05) is 19.1 Å². The first-order valence-electron chi connectivity index (χ1n) is 6.21. The Morgan fingerprint density at radius 3 is 2.71 bits per heavy atom. The average molecular weight is 357 g/mol. The van der Waals surface area contributed by atoms with Gasteiger partial charge in [0.05, 0.1) is 6.04 Å². The van der Waals surface area contributed by atoms with E-state index in [2.05, 4.69) is 35.7 Å². The second kappa shape index (κ2) is 5.14. The summed E-state index contributed by atoms with van der Waals surface area (Å²) in [4.78, 5) is 4.18. The molecule has 0 aliphatic carbocycles. The van der Waals surface area contributed by atoms with E-state index in [9.17, 15) is 8.78 Å². The summed E-state index contributed by atoms with van der Waals surface area (Å²) in [6.07, 6.45) is -1.93. The highest BCUT2D eigenvalue weighted by Crippen LogP contribution is 2.42. The molecule has 3 rings (SSSR count). The van der Waals surface area contributed by atoms with Gasteiger partial charge in [-0.1, -0.05) is 22.0 Å². The highest BCUT2D eigenvalue weighted by atomic mass is 79.9. The number of ether oxygens (including phenoxy) is 2. The van der Waals surface area contributed by atoms with Gasteiger partial charge in [0.15, 0.2) is 11.5 Å². The SMILES string of the molecule is C[C@H](Nc1cc(Br)ccn1)c1ccc2c(c1)OC(F)(F)O2. The van der Waals surface area contributed by atoms with E-state index in [4.69, 9.17) is 0 Å². The third-order valence-corrected chi connectivity index (χ3v) is 3.50. The number of halogens is 3. The van der Waals surface area contributed by atoms with Gasteiger partial charge in [-0.05, 0) is 36.8 Å². The number of rotatable bonds is 3. The number of nitrogens with one attached hydrogen (secondary N) is 1. The lowest BCUT2D eigenvalue weighted by Gasteiger charge is -2.15. The summed E-state index contributed by atoms with van der Waals surface area (Å²) in [6, 6.07) is 8.23. The minimum Gasteiger partial charge on any atom is -0.395 e. The highest BCUT2D eigenvalue weighted by Gasteiger charge is 2.43. The monoisotopic (exact) mass is 356 g/mol. The van der Waals surface area contributed by atoms with Crippen molar-refractivity contribution in [1.82, 2.24) is 4.98 Å². The van der Waals surface area contributed by atoms with Gasteiger partial charge in [0.25, 0.3) is 0 Å². The van der Waals surface area contributed by atoms with Crippen molar-refractivity contribution < 1.29 is 18.3 Å². The summed E-state index contributed by atoms with van der Waals surface area (Å²) in [7, 11) is 0. The minimum absolute atomic E-state index is 0.0355. The average Bonchev–Trinajstić information content (AvgIpc) is 2.71. The number of aromatic nitrogens is 1. The van der Waals surface area contributed by atoms with E-state index < -0.39 is 6.29 Å². The maximum Gasteiger partial charge on any atom is 0.586 e. The van der Waals surface area contributed by atoms with Gasteiger partial charge in [-0.3, -0.25) is 0 Å². The third-order valence-electron chi connectivity index (χ3n) is 3.01. The van der Waals surface area contributed by atoms with Crippen molar-refractivity contribution in [3.05, 3.63) is 46.6 Å². The van der Waals surface area contributed by atoms with Crippen LogP contribution in [0.3, 0.4) is 0 Å². The van der Waals surface area contributed by atoms with Crippen LogP contribution in [0.25, 0.3) is 0 Å². The Morgan fingerprint density at radius 1 is 1.19 bits per heavy atom. The molecule has 0 fully saturated rings. The van der Waals surface area contributed by atoms with Crippen molar-refractivity contribution >= 4 is 21.7 Å². The lowest BCUT2D eigenvalue weighted by atomic mass is 10.1.